The second-order valence-corrected chi connectivity index (χ2v) is 8.56. The van der Waals surface area contributed by atoms with E-state index in [2.05, 4.69) is 16.3 Å². The number of anilines is 1. The van der Waals surface area contributed by atoms with Crippen LogP contribution in [0.4, 0.5) is 5.69 Å². The number of amides is 1. The quantitative estimate of drug-likeness (QED) is 0.284. The van der Waals surface area contributed by atoms with Gasteiger partial charge >= 0.3 is 0 Å². The SMILES string of the molecule is COc1ccc(-n2c(SCC(=O)N(CCC#N)c3ccccc3)nnc2-c2ccccc2OC)cc1. The van der Waals surface area contributed by atoms with Crippen LogP contribution in [-0.2, 0) is 4.79 Å². The van der Waals surface area contributed by atoms with E-state index in [1.165, 1.54) is 11.8 Å². The van der Waals surface area contributed by atoms with Crippen molar-refractivity contribution in [2.24, 2.45) is 0 Å². The third-order valence-corrected chi connectivity index (χ3v) is 6.37. The number of thioether (sulfide) groups is 1. The molecular weight excluding hydrogens is 474 g/mol. The molecule has 0 fully saturated rings. The molecule has 0 bridgehead atoms. The highest BCUT2D eigenvalue weighted by Gasteiger charge is 2.22. The number of carbonyl (C=O) groups excluding carboxylic acids is 1. The van der Waals surface area contributed by atoms with Gasteiger partial charge in [-0.25, -0.2) is 0 Å². The number of para-hydroxylation sites is 2. The van der Waals surface area contributed by atoms with Crippen molar-refractivity contribution in [2.45, 2.75) is 11.6 Å². The third-order valence-electron chi connectivity index (χ3n) is 5.45. The number of aromatic nitrogens is 3. The van der Waals surface area contributed by atoms with Gasteiger partial charge in [0.05, 0.1) is 43.7 Å². The van der Waals surface area contributed by atoms with E-state index >= 15 is 0 Å². The molecule has 9 heteroatoms. The zero-order valence-electron chi connectivity index (χ0n) is 20.0. The van der Waals surface area contributed by atoms with Crippen LogP contribution in [0.2, 0.25) is 0 Å². The molecule has 1 aromatic heterocycles. The Morgan fingerprint density at radius 3 is 2.39 bits per heavy atom. The molecule has 0 aliphatic rings. The van der Waals surface area contributed by atoms with Crippen LogP contribution in [-0.4, -0.2) is 47.2 Å². The molecule has 0 radical (unpaired) electrons. The van der Waals surface area contributed by atoms with E-state index in [-0.39, 0.29) is 18.1 Å². The molecule has 182 valence electrons. The summed E-state index contributed by atoms with van der Waals surface area (Å²) in [4.78, 5) is 14.9. The zero-order chi connectivity index (χ0) is 25.3. The Labute approximate surface area is 214 Å². The Hall–Kier alpha value is -4.29. The lowest BCUT2D eigenvalue weighted by Crippen LogP contribution is -2.33. The van der Waals surface area contributed by atoms with Gasteiger partial charge in [-0.15, -0.1) is 10.2 Å². The van der Waals surface area contributed by atoms with Crippen LogP contribution >= 0.6 is 11.8 Å². The molecule has 36 heavy (non-hydrogen) atoms. The fraction of sp³-hybridized carbons (Fsp3) is 0.185. The molecule has 0 spiro atoms. The first-order valence-electron chi connectivity index (χ1n) is 11.2. The minimum atomic E-state index is -0.121. The molecule has 0 N–H and O–H groups in total. The normalized spacial score (nSPS) is 10.5. The highest BCUT2D eigenvalue weighted by molar-refractivity contribution is 7.99. The summed E-state index contributed by atoms with van der Waals surface area (Å²) in [5, 5.41) is 18.5. The minimum absolute atomic E-state index is 0.121. The molecule has 8 nitrogen and oxygen atoms in total. The average molecular weight is 500 g/mol. The molecule has 4 aromatic rings. The Kier molecular flexibility index (Phi) is 8.21. The number of rotatable bonds is 10. The van der Waals surface area contributed by atoms with Gasteiger partial charge in [0, 0.05) is 12.2 Å². The molecule has 1 heterocycles. The first kappa shape index (κ1) is 24.8. The lowest BCUT2D eigenvalue weighted by atomic mass is 10.2. The number of carbonyl (C=O) groups is 1. The number of nitrogens with zero attached hydrogens (tertiary/aromatic N) is 5. The third kappa shape index (κ3) is 5.50. The molecule has 0 atom stereocenters. The van der Waals surface area contributed by atoms with E-state index < -0.39 is 0 Å². The first-order valence-corrected chi connectivity index (χ1v) is 12.2. The maximum absolute atomic E-state index is 13.2. The highest BCUT2D eigenvalue weighted by atomic mass is 32.2. The van der Waals surface area contributed by atoms with Crippen LogP contribution in [0.25, 0.3) is 17.1 Å². The monoisotopic (exact) mass is 499 g/mol. The van der Waals surface area contributed by atoms with Crippen LogP contribution in [0.3, 0.4) is 0 Å². The fourth-order valence-electron chi connectivity index (χ4n) is 3.70. The number of nitriles is 1. The van der Waals surface area contributed by atoms with Crippen LogP contribution in [0, 0.1) is 11.3 Å². The van der Waals surface area contributed by atoms with Crippen molar-refractivity contribution in [1.29, 1.82) is 5.26 Å². The van der Waals surface area contributed by atoms with Gasteiger partial charge in [-0.1, -0.05) is 42.1 Å². The predicted octanol–water partition coefficient (Wildman–Crippen LogP) is 4.99. The maximum Gasteiger partial charge on any atom is 0.237 e. The van der Waals surface area contributed by atoms with Crippen LogP contribution in [0.1, 0.15) is 6.42 Å². The molecule has 0 saturated carbocycles. The zero-order valence-corrected chi connectivity index (χ0v) is 20.8. The van der Waals surface area contributed by atoms with Crippen molar-refractivity contribution in [3.05, 3.63) is 78.9 Å². The molecule has 4 rings (SSSR count). The summed E-state index contributed by atoms with van der Waals surface area (Å²) in [5.74, 6) is 1.99. The van der Waals surface area contributed by atoms with Gasteiger partial charge in [0.15, 0.2) is 11.0 Å². The van der Waals surface area contributed by atoms with E-state index in [4.69, 9.17) is 14.7 Å². The number of methoxy groups -OCH3 is 2. The summed E-state index contributed by atoms with van der Waals surface area (Å²) in [5.41, 5.74) is 2.35. The molecule has 3 aromatic carbocycles. The molecule has 0 aliphatic carbocycles. The second-order valence-electron chi connectivity index (χ2n) is 7.62. The summed E-state index contributed by atoms with van der Waals surface area (Å²) >= 11 is 1.29. The van der Waals surface area contributed by atoms with Crippen molar-refractivity contribution in [1.82, 2.24) is 14.8 Å². The van der Waals surface area contributed by atoms with Gasteiger partial charge in [-0.05, 0) is 48.5 Å². The van der Waals surface area contributed by atoms with Crippen molar-refractivity contribution >= 4 is 23.4 Å². The Bertz CT molecular complexity index is 1350. The van der Waals surface area contributed by atoms with Crippen LogP contribution < -0.4 is 14.4 Å². The number of benzene rings is 3. The summed E-state index contributed by atoms with van der Waals surface area (Å²) < 4.78 is 12.8. The molecule has 0 unspecified atom stereocenters. The van der Waals surface area contributed by atoms with Crippen molar-refractivity contribution in [2.75, 3.05) is 31.4 Å². The van der Waals surface area contributed by atoms with E-state index in [0.717, 1.165) is 22.7 Å². The summed E-state index contributed by atoms with van der Waals surface area (Å²) in [7, 11) is 3.23. The van der Waals surface area contributed by atoms with Crippen LogP contribution in [0.5, 0.6) is 11.5 Å². The Morgan fingerprint density at radius 2 is 1.69 bits per heavy atom. The summed E-state index contributed by atoms with van der Waals surface area (Å²) in [6, 6.07) is 26.6. The topological polar surface area (TPSA) is 93.3 Å². The van der Waals surface area contributed by atoms with E-state index in [0.29, 0.717) is 23.3 Å². The van der Waals surface area contributed by atoms with Crippen molar-refractivity contribution in [3.63, 3.8) is 0 Å². The van der Waals surface area contributed by atoms with Gasteiger partial charge in [0.1, 0.15) is 11.5 Å². The molecule has 1 amide bonds. The second kappa shape index (κ2) is 11.9. The van der Waals surface area contributed by atoms with Crippen LogP contribution in [0.15, 0.2) is 84.0 Å². The van der Waals surface area contributed by atoms with Gasteiger partial charge in [-0.2, -0.15) is 5.26 Å². The van der Waals surface area contributed by atoms with Crippen molar-refractivity contribution in [3.8, 4) is 34.6 Å². The largest absolute Gasteiger partial charge is 0.497 e. The Morgan fingerprint density at radius 1 is 0.972 bits per heavy atom. The first-order chi connectivity index (χ1) is 17.7. The van der Waals surface area contributed by atoms with E-state index in [1.54, 1.807) is 19.1 Å². The fourth-order valence-corrected chi connectivity index (χ4v) is 4.53. The van der Waals surface area contributed by atoms with Gasteiger partial charge in [0.25, 0.3) is 0 Å². The highest BCUT2D eigenvalue weighted by Crippen LogP contribution is 2.34. The Balaban J connectivity index is 1.67. The lowest BCUT2D eigenvalue weighted by Gasteiger charge is -2.21. The van der Waals surface area contributed by atoms with Gasteiger partial charge in [-0.3, -0.25) is 9.36 Å². The summed E-state index contributed by atoms with van der Waals surface area (Å²) in [6.45, 7) is 0.317. The molecule has 0 aliphatic heterocycles. The van der Waals surface area contributed by atoms with E-state index in [9.17, 15) is 4.79 Å². The number of ether oxygens (including phenoxy) is 2. The predicted molar refractivity (Wildman–Crippen MR) is 140 cm³/mol. The lowest BCUT2D eigenvalue weighted by molar-refractivity contribution is -0.116. The smallest absolute Gasteiger partial charge is 0.237 e. The van der Waals surface area contributed by atoms with Crippen molar-refractivity contribution < 1.29 is 14.3 Å². The van der Waals surface area contributed by atoms with Gasteiger partial charge < -0.3 is 14.4 Å². The standard InChI is InChI=1S/C27H25N5O3S/c1-34-22-15-13-21(14-16-22)32-26(23-11-6-7-12-24(23)35-2)29-30-27(32)36-19-25(33)31(18-8-17-28)20-9-4-3-5-10-20/h3-7,9-16H,8,18-19H2,1-2H3. The number of hydrogen-bond donors (Lipinski definition) is 0. The van der Waals surface area contributed by atoms with Gasteiger partial charge in [0.2, 0.25) is 5.91 Å². The van der Waals surface area contributed by atoms with E-state index in [1.807, 2.05) is 83.4 Å². The minimum Gasteiger partial charge on any atom is -0.497 e. The maximum atomic E-state index is 13.2. The molecular formula is C27H25N5O3S. The average Bonchev–Trinajstić information content (AvgIpc) is 3.36. The summed E-state index contributed by atoms with van der Waals surface area (Å²) in [6.07, 6.45) is 0.241. The molecule has 0 saturated heterocycles. The number of hydrogen-bond acceptors (Lipinski definition) is 7.